The minimum atomic E-state index is 0.386. The van der Waals surface area contributed by atoms with Crippen molar-refractivity contribution in [3.63, 3.8) is 0 Å². The highest BCUT2D eigenvalue weighted by atomic mass is 15.2. The van der Waals surface area contributed by atoms with Crippen LogP contribution in [0, 0.1) is 19.3 Å². The standard InChI is InChI=1S/C33H42N6/c1-9-13-23(5)30(35)18-27(11-3)21-36-25(7)31-19-32(39(16-10-2)33(20-34)38-31)26(8)37-22-28-14-15-29(12-4)24(6)17-28/h3,10,12,14-20,36-37H,4,7-9,13,21-22,34-35H2,1-2,5-6H3/b16-10-,27-18+,30-23-,33-20-. The van der Waals surface area contributed by atoms with Crippen LogP contribution in [0.25, 0.3) is 6.08 Å². The summed E-state index contributed by atoms with van der Waals surface area (Å²) in [6.45, 7) is 21.5. The van der Waals surface area contributed by atoms with Crippen molar-refractivity contribution in [2.24, 2.45) is 16.5 Å². The maximum Gasteiger partial charge on any atom is 0.153 e. The molecule has 1 aromatic rings. The summed E-state index contributed by atoms with van der Waals surface area (Å²) >= 11 is 0. The number of nitrogens with two attached hydrogens (primary N) is 2. The molecule has 0 aliphatic carbocycles. The van der Waals surface area contributed by atoms with Gasteiger partial charge in [-0.05, 0) is 56.0 Å². The van der Waals surface area contributed by atoms with Gasteiger partial charge in [0.1, 0.15) is 0 Å². The van der Waals surface area contributed by atoms with E-state index in [4.69, 9.17) is 22.9 Å². The van der Waals surface area contributed by atoms with Crippen LogP contribution in [0.4, 0.5) is 0 Å². The van der Waals surface area contributed by atoms with E-state index in [1.54, 1.807) is 0 Å². The fourth-order valence-electron chi connectivity index (χ4n) is 3.98. The summed E-state index contributed by atoms with van der Waals surface area (Å²) in [6.07, 6.45) is 18.6. The summed E-state index contributed by atoms with van der Waals surface area (Å²) in [5.74, 6) is 3.26. The monoisotopic (exact) mass is 522 g/mol. The lowest BCUT2D eigenvalue weighted by Crippen LogP contribution is -2.30. The zero-order valence-corrected chi connectivity index (χ0v) is 23.8. The molecule has 39 heavy (non-hydrogen) atoms. The highest BCUT2D eigenvalue weighted by molar-refractivity contribution is 6.09. The number of benzene rings is 1. The van der Waals surface area contributed by atoms with Crippen molar-refractivity contribution in [1.82, 2.24) is 15.5 Å². The van der Waals surface area contributed by atoms with E-state index < -0.39 is 0 Å². The van der Waals surface area contributed by atoms with Gasteiger partial charge in [-0.25, -0.2) is 4.99 Å². The summed E-state index contributed by atoms with van der Waals surface area (Å²) < 4.78 is 0. The molecule has 0 bridgehead atoms. The number of aryl methyl sites for hydroxylation is 1. The van der Waals surface area contributed by atoms with Crippen molar-refractivity contribution in [3.8, 4) is 12.3 Å². The molecule has 0 saturated heterocycles. The second kappa shape index (κ2) is 14.9. The van der Waals surface area contributed by atoms with E-state index in [1.807, 2.05) is 49.3 Å². The molecule has 204 valence electrons. The third-order valence-electron chi connectivity index (χ3n) is 6.27. The second-order valence-electron chi connectivity index (χ2n) is 9.26. The Hall–Kier alpha value is -4.63. The number of nitrogens with zero attached hydrogens (tertiary/aromatic N) is 2. The van der Waals surface area contributed by atoms with Crippen LogP contribution in [0.2, 0.25) is 0 Å². The van der Waals surface area contributed by atoms with E-state index >= 15 is 0 Å². The lowest BCUT2D eigenvalue weighted by Gasteiger charge is -2.30. The number of hydrogen-bond acceptors (Lipinski definition) is 6. The molecular formula is C33H42N6. The van der Waals surface area contributed by atoms with Gasteiger partial charge in [-0.1, -0.05) is 74.9 Å². The molecule has 2 rings (SSSR count). The van der Waals surface area contributed by atoms with Gasteiger partial charge in [-0.3, -0.25) is 4.90 Å². The van der Waals surface area contributed by atoms with Crippen molar-refractivity contribution in [1.29, 1.82) is 0 Å². The molecule has 0 radical (unpaired) electrons. The summed E-state index contributed by atoms with van der Waals surface area (Å²) in [6, 6.07) is 6.29. The second-order valence-corrected chi connectivity index (χ2v) is 9.26. The predicted molar refractivity (Wildman–Crippen MR) is 168 cm³/mol. The van der Waals surface area contributed by atoms with E-state index in [0.717, 1.165) is 40.8 Å². The van der Waals surface area contributed by atoms with Gasteiger partial charge in [0.25, 0.3) is 0 Å². The summed E-state index contributed by atoms with van der Waals surface area (Å²) in [5.41, 5.74) is 20.9. The summed E-state index contributed by atoms with van der Waals surface area (Å²) in [7, 11) is 0. The smallest absolute Gasteiger partial charge is 0.153 e. The minimum Gasteiger partial charge on any atom is -0.402 e. The molecule has 0 atom stereocenters. The van der Waals surface area contributed by atoms with Gasteiger partial charge in [-0.15, -0.1) is 6.42 Å². The highest BCUT2D eigenvalue weighted by Gasteiger charge is 2.22. The Balaban J connectivity index is 2.26. The first-order valence-corrected chi connectivity index (χ1v) is 13.0. The summed E-state index contributed by atoms with van der Waals surface area (Å²) in [5, 5.41) is 6.72. The molecular weight excluding hydrogens is 480 g/mol. The Morgan fingerprint density at radius 1 is 1.23 bits per heavy atom. The molecule has 1 heterocycles. The fraction of sp³-hybridized carbons (Fsp3) is 0.242. The van der Waals surface area contributed by atoms with Crippen molar-refractivity contribution in [2.75, 3.05) is 6.54 Å². The van der Waals surface area contributed by atoms with Gasteiger partial charge in [0.2, 0.25) is 0 Å². The average molecular weight is 523 g/mol. The van der Waals surface area contributed by atoms with Gasteiger partial charge in [0.15, 0.2) is 5.82 Å². The number of rotatable bonds is 13. The van der Waals surface area contributed by atoms with E-state index in [-0.39, 0.29) is 0 Å². The highest BCUT2D eigenvalue weighted by Crippen LogP contribution is 2.26. The van der Waals surface area contributed by atoms with Crippen molar-refractivity contribution in [2.45, 2.75) is 47.1 Å². The largest absolute Gasteiger partial charge is 0.402 e. The third kappa shape index (κ3) is 8.44. The minimum absolute atomic E-state index is 0.386. The van der Waals surface area contributed by atoms with E-state index in [9.17, 15) is 0 Å². The average Bonchev–Trinajstić information content (AvgIpc) is 2.93. The molecule has 0 aromatic heterocycles. The fourth-order valence-corrected chi connectivity index (χ4v) is 3.98. The Labute approximate surface area is 234 Å². The van der Waals surface area contributed by atoms with E-state index in [2.05, 4.69) is 68.3 Å². The van der Waals surface area contributed by atoms with Crippen LogP contribution in [0.5, 0.6) is 0 Å². The first-order chi connectivity index (χ1) is 18.7. The molecule has 0 fully saturated rings. The molecule has 1 aliphatic heterocycles. The number of hydrogen-bond donors (Lipinski definition) is 4. The van der Waals surface area contributed by atoms with Gasteiger partial charge in [-0.2, -0.15) is 0 Å². The number of nitrogens with one attached hydrogen (secondary N) is 2. The topological polar surface area (TPSA) is 91.7 Å². The van der Waals surface area contributed by atoms with Gasteiger partial charge >= 0.3 is 0 Å². The van der Waals surface area contributed by atoms with Crippen molar-refractivity contribution < 1.29 is 0 Å². The van der Waals surface area contributed by atoms with E-state index in [0.29, 0.717) is 41.7 Å². The van der Waals surface area contributed by atoms with Crippen LogP contribution >= 0.6 is 0 Å². The van der Waals surface area contributed by atoms with Crippen LogP contribution < -0.4 is 22.1 Å². The molecule has 0 unspecified atom stereocenters. The Bertz CT molecular complexity index is 1320. The van der Waals surface area contributed by atoms with Crippen LogP contribution in [0.1, 0.15) is 50.3 Å². The van der Waals surface area contributed by atoms with Crippen LogP contribution in [0.15, 0.2) is 113 Å². The Kier molecular flexibility index (Phi) is 11.7. The number of terminal acetylenes is 1. The maximum atomic E-state index is 6.22. The van der Waals surface area contributed by atoms with E-state index in [1.165, 1.54) is 11.8 Å². The first-order valence-electron chi connectivity index (χ1n) is 13.0. The van der Waals surface area contributed by atoms with Crippen LogP contribution in [0.3, 0.4) is 0 Å². The maximum absolute atomic E-state index is 6.22. The molecule has 6 nitrogen and oxygen atoms in total. The van der Waals surface area contributed by atoms with Gasteiger partial charge in [0, 0.05) is 36.8 Å². The molecule has 0 spiro atoms. The van der Waals surface area contributed by atoms with Gasteiger partial charge < -0.3 is 22.1 Å². The normalized spacial score (nSPS) is 15.3. The molecule has 6 N–H and O–H groups in total. The zero-order chi connectivity index (χ0) is 28.9. The van der Waals surface area contributed by atoms with Crippen molar-refractivity contribution in [3.05, 3.63) is 125 Å². The van der Waals surface area contributed by atoms with Gasteiger partial charge in [0.05, 0.1) is 22.8 Å². The molecule has 6 heteroatoms. The summed E-state index contributed by atoms with van der Waals surface area (Å²) in [4.78, 5) is 6.59. The van der Waals surface area contributed by atoms with Crippen molar-refractivity contribution >= 4 is 11.8 Å². The Morgan fingerprint density at radius 3 is 2.56 bits per heavy atom. The SMILES string of the molecule is C#C/C(=C\C(N)=C(/C)CCC)CNC(=C)C1=N/C(=C/N)N(/C=C\C)C(C(=C)NCc2ccc(C=C)c(C)c2)=C1. The van der Waals surface area contributed by atoms with Crippen LogP contribution in [-0.2, 0) is 6.54 Å². The first kappa shape index (κ1) is 30.6. The Morgan fingerprint density at radius 2 is 1.97 bits per heavy atom. The number of allylic oxidation sites excluding steroid dienone is 4. The molecule has 1 aromatic carbocycles. The molecule has 0 saturated carbocycles. The quantitative estimate of drug-likeness (QED) is 0.192. The third-order valence-corrected chi connectivity index (χ3v) is 6.27. The number of aliphatic imine (C=N–C) groups is 1. The predicted octanol–water partition coefficient (Wildman–Crippen LogP) is 5.87. The molecule has 1 aliphatic rings. The zero-order valence-electron chi connectivity index (χ0n) is 23.8. The van der Waals surface area contributed by atoms with Crippen LogP contribution in [-0.4, -0.2) is 17.2 Å². The lowest BCUT2D eigenvalue weighted by molar-refractivity contribution is 0.553. The lowest BCUT2D eigenvalue weighted by atomic mass is 10.0. The molecule has 0 amide bonds.